The SMILES string of the molecule is CN1CCC(C(O)c2ccc(Cl)cc2)C(c2ccc(Cl)cc2)C1. The Bertz CT molecular complexity index is 641. The molecule has 4 heteroatoms. The Kier molecular flexibility index (Phi) is 5.27. The molecule has 0 spiro atoms. The molecule has 3 atom stereocenters. The number of benzene rings is 2. The van der Waals surface area contributed by atoms with E-state index in [1.54, 1.807) is 0 Å². The zero-order chi connectivity index (χ0) is 16.4. The number of hydrogen-bond donors (Lipinski definition) is 1. The van der Waals surface area contributed by atoms with Crippen molar-refractivity contribution in [2.45, 2.75) is 18.4 Å². The van der Waals surface area contributed by atoms with Crippen LogP contribution in [0.4, 0.5) is 0 Å². The minimum absolute atomic E-state index is 0.188. The van der Waals surface area contributed by atoms with Gasteiger partial charge >= 0.3 is 0 Å². The highest BCUT2D eigenvalue weighted by atomic mass is 35.5. The molecule has 1 aliphatic rings. The monoisotopic (exact) mass is 349 g/mol. The Balaban J connectivity index is 1.88. The predicted molar refractivity (Wildman–Crippen MR) is 96.2 cm³/mol. The van der Waals surface area contributed by atoms with Crippen LogP contribution in [0.5, 0.6) is 0 Å². The van der Waals surface area contributed by atoms with E-state index in [-0.39, 0.29) is 11.8 Å². The highest BCUT2D eigenvalue weighted by Gasteiger charge is 2.34. The number of likely N-dealkylation sites (tertiary alicyclic amines) is 1. The summed E-state index contributed by atoms with van der Waals surface area (Å²) in [6, 6.07) is 15.5. The third kappa shape index (κ3) is 3.89. The summed E-state index contributed by atoms with van der Waals surface area (Å²) < 4.78 is 0. The second-order valence-corrected chi connectivity index (χ2v) is 7.24. The molecule has 0 aliphatic carbocycles. The molecule has 1 heterocycles. The van der Waals surface area contributed by atoms with Gasteiger partial charge in [-0.25, -0.2) is 0 Å². The molecule has 2 aromatic rings. The van der Waals surface area contributed by atoms with Crippen LogP contribution in [0.3, 0.4) is 0 Å². The molecular weight excluding hydrogens is 329 g/mol. The van der Waals surface area contributed by atoms with E-state index in [0.717, 1.165) is 30.1 Å². The van der Waals surface area contributed by atoms with Crippen LogP contribution in [0.25, 0.3) is 0 Å². The molecule has 3 unspecified atom stereocenters. The molecule has 1 aliphatic heterocycles. The van der Waals surface area contributed by atoms with Crippen molar-refractivity contribution in [1.29, 1.82) is 0 Å². The van der Waals surface area contributed by atoms with Crippen LogP contribution in [0, 0.1) is 5.92 Å². The second kappa shape index (κ2) is 7.23. The molecule has 23 heavy (non-hydrogen) atoms. The molecule has 3 rings (SSSR count). The van der Waals surface area contributed by atoms with Gasteiger partial charge in [0.25, 0.3) is 0 Å². The van der Waals surface area contributed by atoms with Crippen LogP contribution < -0.4 is 0 Å². The van der Waals surface area contributed by atoms with Gasteiger partial charge < -0.3 is 10.0 Å². The molecule has 0 radical (unpaired) electrons. The van der Waals surface area contributed by atoms with E-state index >= 15 is 0 Å². The summed E-state index contributed by atoms with van der Waals surface area (Å²) in [6.45, 7) is 1.94. The predicted octanol–water partition coefficient (Wildman–Crippen LogP) is 4.76. The van der Waals surface area contributed by atoms with Crippen LogP contribution in [-0.2, 0) is 0 Å². The fourth-order valence-electron chi connectivity index (χ4n) is 3.48. The summed E-state index contributed by atoms with van der Waals surface area (Å²) in [4.78, 5) is 2.32. The maximum atomic E-state index is 10.9. The van der Waals surface area contributed by atoms with Crippen molar-refractivity contribution >= 4 is 23.2 Å². The topological polar surface area (TPSA) is 23.5 Å². The summed E-state index contributed by atoms with van der Waals surface area (Å²) >= 11 is 12.0. The first kappa shape index (κ1) is 16.8. The van der Waals surface area contributed by atoms with E-state index in [1.165, 1.54) is 5.56 Å². The van der Waals surface area contributed by atoms with E-state index in [2.05, 4.69) is 24.1 Å². The maximum absolute atomic E-state index is 10.9. The van der Waals surface area contributed by atoms with E-state index in [9.17, 15) is 5.11 Å². The highest BCUT2D eigenvalue weighted by Crippen LogP contribution is 2.40. The van der Waals surface area contributed by atoms with Crippen molar-refractivity contribution in [3.8, 4) is 0 Å². The van der Waals surface area contributed by atoms with Gasteiger partial charge in [0.1, 0.15) is 0 Å². The normalized spacial score (nSPS) is 23.7. The van der Waals surface area contributed by atoms with Crippen LogP contribution in [0.2, 0.25) is 10.0 Å². The molecule has 1 N–H and O–H groups in total. The van der Waals surface area contributed by atoms with Gasteiger partial charge in [-0.2, -0.15) is 0 Å². The summed E-state index contributed by atoms with van der Waals surface area (Å²) in [5, 5.41) is 12.4. The van der Waals surface area contributed by atoms with Gasteiger partial charge in [-0.3, -0.25) is 0 Å². The molecule has 0 amide bonds. The largest absolute Gasteiger partial charge is 0.388 e. The first-order chi connectivity index (χ1) is 11.0. The number of halogens is 2. The number of aliphatic hydroxyl groups excluding tert-OH is 1. The lowest BCUT2D eigenvalue weighted by molar-refractivity contribution is 0.0494. The third-order valence-electron chi connectivity index (χ3n) is 4.78. The lowest BCUT2D eigenvalue weighted by Crippen LogP contribution is -2.39. The summed E-state index contributed by atoms with van der Waals surface area (Å²) in [7, 11) is 2.13. The van der Waals surface area contributed by atoms with E-state index < -0.39 is 6.10 Å². The summed E-state index contributed by atoms with van der Waals surface area (Å²) in [5.41, 5.74) is 2.17. The Hall–Kier alpha value is -1.06. The Labute approximate surface area is 147 Å². The number of nitrogens with zero attached hydrogens (tertiary/aromatic N) is 1. The number of piperidine rings is 1. The van der Waals surface area contributed by atoms with Crippen molar-refractivity contribution < 1.29 is 5.11 Å². The molecular formula is C19H21Cl2NO. The Morgan fingerprint density at radius 2 is 1.57 bits per heavy atom. The van der Waals surface area contributed by atoms with Gasteiger partial charge in [0.05, 0.1) is 6.10 Å². The van der Waals surface area contributed by atoms with Gasteiger partial charge in [0.2, 0.25) is 0 Å². The minimum atomic E-state index is -0.485. The van der Waals surface area contributed by atoms with Gasteiger partial charge in [0, 0.05) is 22.5 Å². The van der Waals surface area contributed by atoms with Gasteiger partial charge in [-0.05, 0) is 61.3 Å². The molecule has 1 saturated heterocycles. The number of aliphatic hydroxyl groups is 1. The van der Waals surface area contributed by atoms with Crippen molar-refractivity contribution in [2.24, 2.45) is 5.92 Å². The van der Waals surface area contributed by atoms with E-state index in [1.807, 2.05) is 36.4 Å². The third-order valence-corrected chi connectivity index (χ3v) is 5.29. The smallest absolute Gasteiger partial charge is 0.0825 e. The molecule has 2 aromatic carbocycles. The second-order valence-electron chi connectivity index (χ2n) is 6.37. The summed E-state index contributed by atoms with van der Waals surface area (Å²) in [5.74, 6) is 0.477. The van der Waals surface area contributed by atoms with Gasteiger partial charge in [-0.15, -0.1) is 0 Å². The van der Waals surface area contributed by atoms with Gasteiger partial charge in [0.15, 0.2) is 0 Å². The van der Waals surface area contributed by atoms with E-state index in [0.29, 0.717) is 5.02 Å². The zero-order valence-electron chi connectivity index (χ0n) is 13.1. The highest BCUT2D eigenvalue weighted by molar-refractivity contribution is 6.30. The average molecular weight is 350 g/mol. The van der Waals surface area contributed by atoms with Gasteiger partial charge in [-0.1, -0.05) is 47.5 Å². The molecule has 0 bridgehead atoms. The summed E-state index contributed by atoms with van der Waals surface area (Å²) in [6.07, 6.45) is 0.481. The number of likely N-dealkylation sites (N-methyl/N-ethyl adjacent to an activating group) is 1. The maximum Gasteiger partial charge on any atom is 0.0825 e. The van der Waals surface area contributed by atoms with Crippen molar-refractivity contribution in [3.05, 3.63) is 69.7 Å². The molecule has 2 nitrogen and oxygen atoms in total. The first-order valence-electron chi connectivity index (χ1n) is 7.92. The molecule has 122 valence electrons. The number of hydrogen-bond acceptors (Lipinski definition) is 2. The minimum Gasteiger partial charge on any atom is -0.388 e. The lowest BCUT2D eigenvalue weighted by Gasteiger charge is -2.39. The fourth-order valence-corrected chi connectivity index (χ4v) is 3.73. The molecule has 1 fully saturated rings. The molecule has 0 saturated carbocycles. The van der Waals surface area contributed by atoms with Crippen LogP contribution >= 0.6 is 23.2 Å². The van der Waals surface area contributed by atoms with E-state index in [4.69, 9.17) is 23.2 Å². The molecule has 0 aromatic heterocycles. The zero-order valence-corrected chi connectivity index (χ0v) is 14.6. The van der Waals surface area contributed by atoms with Crippen molar-refractivity contribution in [2.75, 3.05) is 20.1 Å². The van der Waals surface area contributed by atoms with Crippen molar-refractivity contribution in [3.63, 3.8) is 0 Å². The Morgan fingerprint density at radius 3 is 2.17 bits per heavy atom. The quantitative estimate of drug-likeness (QED) is 0.863. The lowest BCUT2D eigenvalue weighted by atomic mass is 9.76. The van der Waals surface area contributed by atoms with Crippen LogP contribution in [0.15, 0.2) is 48.5 Å². The van der Waals surface area contributed by atoms with Crippen LogP contribution in [0.1, 0.15) is 29.6 Å². The van der Waals surface area contributed by atoms with Crippen molar-refractivity contribution in [1.82, 2.24) is 4.90 Å². The number of rotatable bonds is 3. The Morgan fingerprint density at radius 1 is 1.00 bits per heavy atom. The standard InChI is InChI=1S/C19H21Cl2NO/c1-22-11-10-17(19(23)14-4-8-16(21)9-5-14)18(12-22)13-2-6-15(20)7-3-13/h2-9,17-19,23H,10-12H2,1H3. The first-order valence-corrected chi connectivity index (χ1v) is 8.68. The van der Waals surface area contributed by atoms with Crippen LogP contribution in [-0.4, -0.2) is 30.1 Å². The fraction of sp³-hybridized carbons (Fsp3) is 0.368. The average Bonchev–Trinajstić information content (AvgIpc) is 2.55.